The van der Waals surface area contributed by atoms with Crippen molar-refractivity contribution in [2.45, 2.75) is 45.8 Å². The van der Waals surface area contributed by atoms with Crippen molar-refractivity contribution in [3.8, 4) is 0 Å². The van der Waals surface area contributed by atoms with Crippen molar-refractivity contribution >= 4 is 5.96 Å². The molecule has 2 N–H and O–H groups in total. The quantitative estimate of drug-likeness (QED) is 0.619. The molecule has 0 bridgehead atoms. The van der Waals surface area contributed by atoms with E-state index in [4.69, 9.17) is 5.73 Å². The van der Waals surface area contributed by atoms with Crippen LogP contribution in [0.5, 0.6) is 0 Å². The van der Waals surface area contributed by atoms with Crippen LogP contribution >= 0.6 is 0 Å². The summed E-state index contributed by atoms with van der Waals surface area (Å²) in [6.45, 7) is 8.26. The first-order chi connectivity index (χ1) is 10.1. The van der Waals surface area contributed by atoms with Gasteiger partial charge in [0.25, 0.3) is 0 Å². The lowest BCUT2D eigenvalue weighted by Gasteiger charge is -2.18. The minimum absolute atomic E-state index is 0.616. The number of guanidine groups is 1. The van der Waals surface area contributed by atoms with Crippen molar-refractivity contribution in [2.75, 3.05) is 20.1 Å². The number of hydrogen-bond donors (Lipinski definition) is 1. The summed E-state index contributed by atoms with van der Waals surface area (Å²) < 4.78 is 0. The third-order valence-electron chi connectivity index (χ3n) is 4.20. The molecule has 4 heteroatoms. The van der Waals surface area contributed by atoms with E-state index in [-0.39, 0.29) is 0 Å². The SMILES string of the molecule is CCN(CC)Cc1ccc(CN=C(N)N(C)C2CC2)cc1. The van der Waals surface area contributed by atoms with Gasteiger partial charge in [0.05, 0.1) is 6.54 Å². The van der Waals surface area contributed by atoms with Crippen LogP contribution in [0.1, 0.15) is 37.8 Å². The molecular formula is C17H28N4. The number of rotatable bonds is 7. The highest BCUT2D eigenvalue weighted by atomic mass is 15.3. The minimum Gasteiger partial charge on any atom is -0.370 e. The lowest BCUT2D eigenvalue weighted by Crippen LogP contribution is -2.35. The molecule has 1 aromatic carbocycles. The van der Waals surface area contributed by atoms with Crippen molar-refractivity contribution in [2.24, 2.45) is 10.7 Å². The van der Waals surface area contributed by atoms with Crippen LogP contribution in [-0.4, -0.2) is 41.9 Å². The zero-order valence-corrected chi connectivity index (χ0v) is 13.5. The van der Waals surface area contributed by atoms with E-state index in [2.05, 4.69) is 52.9 Å². The predicted molar refractivity (Wildman–Crippen MR) is 89.2 cm³/mol. The van der Waals surface area contributed by atoms with Crippen LogP contribution in [0, 0.1) is 0 Å². The predicted octanol–water partition coefficient (Wildman–Crippen LogP) is 2.44. The molecule has 0 atom stereocenters. The monoisotopic (exact) mass is 288 g/mol. The zero-order chi connectivity index (χ0) is 15.2. The Bertz CT molecular complexity index is 458. The molecule has 0 aromatic heterocycles. The standard InChI is InChI=1S/C17H28N4/c1-4-21(5-2)13-15-8-6-14(7-9-15)12-19-17(18)20(3)16-10-11-16/h6-9,16H,4-5,10-13H2,1-3H3,(H2,18,19). The molecule has 1 fully saturated rings. The summed E-state index contributed by atoms with van der Waals surface area (Å²) in [5.74, 6) is 0.657. The Balaban J connectivity index is 1.88. The van der Waals surface area contributed by atoms with E-state index in [9.17, 15) is 0 Å². The first-order valence-corrected chi connectivity index (χ1v) is 7.97. The molecule has 1 saturated carbocycles. The fraction of sp³-hybridized carbons (Fsp3) is 0.588. The summed E-state index contributed by atoms with van der Waals surface area (Å²) in [5.41, 5.74) is 8.58. The summed E-state index contributed by atoms with van der Waals surface area (Å²) in [7, 11) is 2.03. The van der Waals surface area contributed by atoms with Crippen LogP contribution < -0.4 is 5.73 Å². The van der Waals surface area contributed by atoms with Gasteiger partial charge >= 0.3 is 0 Å². The Kier molecular flexibility index (Phi) is 5.62. The van der Waals surface area contributed by atoms with Crippen molar-refractivity contribution in [1.82, 2.24) is 9.80 Å². The van der Waals surface area contributed by atoms with Gasteiger partial charge in [-0.3, -0.25) is 4.90 Å². The molecule has 2 rings (SSSR count). The first-order valence-electron chi connectivity index (χ1n) is 7.97. The summed E-state index contributed by atoms with van der Waals surface area (Å²) in [6, 6.07) is 9.33. The molecule has 0 radical (unpaired) electrons. The summed E-state index contributed by atoms with van der Waals surface area (Å²) >= 11 is 0. The maximum absolute atomic E-state index is 6.01. The van der Waals surface area contributed by atoms with E-state index in [0.29, 0.717) is 18.5 Å². The summed E-state index contributed by atoms with van der Waals surface area (Å²) in [6.07, 6.45) is 2.49. The number of aliphatic imine (C=N–C) groups is 1. The second-order valence-electron chi connectivity index (χ2n) is 5.79. The fourth-order valence-electron chi connectivity index (χ4n) is 2.39. The summed E-state index contributed by atoms with van der Waals surface area (Å²) in [4.78, 5) is 8.99. The van der Waals surface area contributed by atoms with Crippen LogP contribution in [0.3, 0.4) is 0 Å². The third kappa shape index (κ3) is 4.74. The summed E-state index contributed by atoms with van der Waals surface area (Å²) in [5, 5.41) is 0. The number of hydrogen-bond acceptors (Lipinski definition) is 2. The Morgan fingerprint density at radius 2 is 1.71 bits per heavy atom. The molecule has 0 saturated heterocycles. The van der Waals surface area contributed by atoms with Gasteiger partial charge in [-0.15, -0.1) is 0 Å². The van der Waals surface area contributed by atoms with Gasteiger partial charge in [-0.2, -0.15) is 0 Å². The van der Waals surface area contributed by atoms with Crippen LogP contribution in [0.15, 0.2) is 29.3 Å². The van der Waals surface area contributed by atoms with Crippen molar-refractivity contribution in [1.29, 1.82) is 0 Å². The molecule has 116 valence electrons. The van der Waals surface area contributed by atoms with Gasteiger partial charge in [-0.1, -0.05) is 38.1 Å². The molecular weight excluding hydrogens is 260 g/mol. The largest absolute Gasteiger partial charge is 0.370 e. The van der Waals surface area contributed by atoms with Gasteiger partial charge in [0.2, 0.25) is 0 Å². The highest BCUT2D eigenvalue weighted by Crippen LogP contribution is 2.24. The van der Waals surface area contributed by atoms with Gasteiger partial charge < -0.3 is 10.6 Å². The normalized spacial score (nSPS) is 15.5. The second kappa shape index (κ2) is 7.46. The van der Waals surface area contributed by atoms with E-state index < -0.39 is 0 Å². The average Bonchev–Trinajstić information content (AvgIpc) is 3.35. The topological polar surface area (TPSA) is 44.9 Å². The molecule has 21 heavy (non-hydrogen) atoms. The van der Waals surface area contributed by atoms with Crippen LogP contribution in [0.2, 0.25) is 0 Å². The molecule has 1 aromatic rings. The Morgan fingerprint density at radius 3 is 2.24 bits per heavy atom. The van der Waals surface area contributed by atoms with E-state index in [1.54, 1.807) is 0 Å². The number of nitrogens with two attached hydrogens (primary N) is 1. The van der Waals surface area contributed by atoms with Crippen molar-refractivity contribution in [3.05, 3.63) is 35.4 Å². The number of benzene rings is 1. The van der Waals surface area contributed by atoms with Crippen LogP contribution in [0.25, 0.3) is 0 Å². The second-order valence-corrected chi connectivity index (χ2v) is 5.79. The van der Waals surface area contributed by atoms with Crippen LogP contribution in [0.4, 0.5) is 0 Å². The fourth-order valence-corrected chi connectivity index (χ4v) is 2.39. The molecule has 0 amide bonds. The Hall–Kier alpha value is -1.55. The van der Waals surface area contributed by atoms with Crippen LogP contribution in [-0.2, 0) is 13.1 Å². The van der Waals surface area contributed by atoms with Gasteiger partial charge in [-0.05, 0) is 37.1 Å². The molecule has 0 heterocycles. The van der Waals surface area contributed by atoms with Gasteiger partial charge in [0.15, 0.2) is 5.96 Å². The third-order valence-corrected chi connectivity index (χ3v) is 4.20. The van der Waals surface area contributed by atoms with E-state index in [1.165, 1.54) is 24.0 Å². The molecule has 1 aliphatic rings. The maximum atomic E-state index is 6.01. The van der Waals surface area contributed by atoms with E-state index in [0.717, 1.165) is 19.6 Å². The van der Waals surface area contributed by atoms with Crippen molar-refractivity contribution < 1.29 is 0 Å². The average molecular weight is 288 g/mol. The molecule has 4 nitrogen and oxygen atoms in total. The maximum Gasteiger partial charge on any atom is 0.191 e. The van der Waals surface area contributed by atoms with E-state index >= 15 is 0 Å². The highest BCUT2D eigenvalue weighted by molar-refractivity contribution is 5.78. The molecule has 0 aliphatic heterocycles. The molecule has 1 aliphatic carbocycles. The van der Waals surface area contributed by atoms with Gasteiger partial charge in [-0.25, -0.2) is 4.99 Å². The molecule has 0 spiro atoms. The first kappa shape index (κ1) is 15.8. The van der Waals surface area contributed by atoms with E-state index in [1.807, 2.05) is 7.05 Å². The van der Waals surface area contributed by atoms with Gasteiger partial charge in [0.1, 0.15) is 0 Å². The zero-order valence-electron chi connectivity index (χ0n) is 13.5. The lowest BCUT2D eigenvalue weighted by atomic mass is 10.1. The van der Waals surface area contributed by atoms with Crippen molar-refractivity contribution in [3.63, 3.8) is 0 Å². The Morgan fingerprint density at radius 1 is 1.14 bits per heavy atom. The number of nitrogens with zero attached hydrogens (tertiary/aromatic N) is 3. The minimum atomic E-state index is 0.616. The lowest BCUT2D eigenvalue weighted by molar-refractivity contribution is 0.296. The Labute approximate surface area is 128 Å². The highest BCUT2D eigenvalue weighted by Gasteiger charge is 2.27. The smallest absolute Gasteiger partial charge is 0.191 e. The van der Waals surface area contributed by atoms with Gasteiger partial charge in [0, 0.05) is 19.6 Å². The molecule has 0 unspecified atom stereocenters.